The Kier molecular flexibility index (Phi) is 8.88. The van der Waals surface area contributed by atoms with Gasteiger partial charge in [0.2, 0.25) is 0 Å². The third-order valence-corrected chi connectivity index (χ3v) is 8.81. The molecule has 21 heavy (non-hydrogen) atoms. The Morgan fingerprint density at radius 3 is 1.62 bits per heavy atom. The first-order valence-electron chi connectivity index (χ1n) is 7.13. The zero-order chi connectivity index (χ0) is 16.5. The molecule has 0 nitrogen and oxygen atoms in total. The lowest BCUT2D eigenvalue weighted by atomic mass is 10.1. The Morgan fingerprint density at radius 2 is 1.33 bits per heavy atom. The molecule has 0 heterocycles. The highest BCUT2D eigenvalue weighted by Gasteiger charge is 2.30. The predicted octanol–water partition coefficient (Wildman–Crippen LogP) is 6.21. The van der Waals surface area contributed by atoms with Crippen LogP contribution in [0.5, 0.6) is 0 Å². The summed E-state index contributed by atoms with van der Waals surface area (Å²) in [6, 6.07) is 8.90. The first kappa shape index (κ1) is 20.2. The Morgan fingerprint density at radius 1 is 0.952 bits per heavy atom. The molecule has 0 aromatic heterocycles. The minimum absolute atomic E-state index is 0.710. The van der Waals surface area contributed by atoms with Gasteiger partial charge < -0.3 is 17.3 Å². The van der Waals surface area contributed by atoms with E-state index in [-0.39, 0.29) is 0 Å². The summed E-state index contributed by atoms with van der Waals surface area (Å²) >= 11 is 0. The van der Waals surface area contributed by atoms with E-state index in [1.54, 1.807) is 0 Å². The van der Waals surface area contributed by atoms with Crippen molar-refractivity contribution in [2.24, 2.45) is 0 Å². The molecular formula is C15H24BF4P. The monoisotopic (exact) mass is 322 g/mol. The summed E-state index contributed by atoms with van der Waals surface area (Å²) in [7, 11) is -6.71. The minimum atomic E-state index is -6.00. The topological polar surface area (TPSA) is 0 Å². The van der Waals surface area contributed by atoms with Crippen LogP contribution in [0.2, 0.25) is 0 Å². The molecule has 0 bridgehead atoms. The van der Waals surface area contributed by atoms with Crippen molar-refractivity contribution in [3.05, 3.63) is 42.0 Å². The molecule has 0 N–H and O–H groups in total. The molecule has 0 amide bonds. The van der Waals surface area contributed by atoms with E-state index in [2.05, 4.69) is 51.6 Å². The van der Waals surface area contributed by atoms with Crippen LogP contribution in [0, 0.1) is 0 Å². The first-order valence-corrected chi connectivity index (χ1v) is 9.66. The maximum absolute atomic E-state index is 9.75. The third-order valence-electron chi connectivity index (χ3n) is 3.75. The van der Waals surface area contributed by atoms with Crippen LogP contribution in [0.25, 0.3) is 6.08 Å². The smallest absolute Gasteiger partial charge is 0.418 e. The second-order valence-electron chi connectivity index (χ2n) is 4.89. The molecule has 0 saturated carbocycles. The van der Waals surface area contributed by atoms with Crippen molar-refractivity contribution in [1.29, 1.82) is 0 Å². The van der Waals surface area contributed by atoms with E-state index < -0.39 is 14.5 Å². The normalized spacial score (nSPS) is 11.6. The van der Waals surface area contributed by atoms with E-state index in [0.717, 1.165) is 0 Å². The highest BCUT2D eigenvalue weighted by Crippen LogP contribution is 2.60. The molecule has 0 aliphatic carbocycles. The van der Waals surface area contributed by atoms with Crippen LogP contribution in [-0.2, 0) is 6.16 Å². The standard InChI is InChI=1S/C15H24P.BF4/c1-5-14-9-11-15(12-10-14)13-16(6-2,7-3)8-4;2-1(3,4)5/h5,9-12H,1,6-8,13H2,2-4H3;/q+1;-1. The van der Waals surface area contributed by atoms with Gasteiger partial charge in [0, 0.05) is 7.26 Å². The summed E-state index contributed by atoms with van der Waals surface area (Å²) < 4.78 is 39.0. The van der Waals surface area contributed by atoms with E-state index in [9.17, 15) is 17.3 Å². The Bertz CT molecular complexity index is 396. The summed E-state index contributed by atoms with van der Waals surface area (Å²) in [4.78, 5) is 0. The van der Waals surface area contributed by atoms with Crippen molar-refractivity contribution in [2.45, 2.75) is 26.9 Å². The van der Waals surface area contributed by atoms with Crippen LogP contribution in [0.3, 0.4) is 0 Å². The number of rotatable bonds is 6. The van der Waals surface area contributed by atoms with E-state index in [0.29, 0.717) is 0 Å². The summed E-state index contributed by atoms with van der Waals surface area (Å²) in [5.41, 5.74) is 2.72. The Hall–Kier alpha value is -0.825. The van der Waals surface area contributed by atoms with Crippen LogP contribution < -0.4 is 0 Å². The average Bonchev–Trinajstić information content (AvgIpc) is 2.44. The second kappa shape index (κ2) is 9.25. The number of benzene rings is 1. The maximum Gasteiger partial charge on any atom is 0.673 e. The molecule has 0 saturated heterocycles. The Labute approximate surface area is 126 Å². The Balaban J connectivity index is 0.000000690. The van der Waals surface area contributed by atoms with E-state index in [1.165, 1.54) is 35.8 Å². The molecule has 0 fully saturated rings. The van der Waals surface area contributed by atoms with Gasteiger partial charge in [-0.15, -0.1) is 0 Å². The molecule has 120 valence electrons. The SMILES string of the molecule is C=Cc1ccc(C[P+](CC)(CC)CC)cc1.F[B-](F)(F)F. The molecule has 1 aromatic carbocycles. The van der Waals surface area contributed by atoms with E-state index >= 15 is 0 Å². The fraction of sp³-hybridized carbons (Fsp3) is 0.467. The van der Waals surface area contributed by atoms with Gasteiger partial charge in [0.1, 0.15) is 0 Å². The molecule has 0 aliphatic rings. The van der Waals surface area contributed by atoms with Gasteiger partial charge in [0.25, 0.3) is 0 Å². The van der Waals surface area contributed by atoms with E-state index in [1.807, 2.05) is 6.08 Å². The summed E-state index contributed by atoms with van der Waals surface area (Å²) in [5.74, 6) is 0. The molecular weight excluding hydrogens is 298 g/mol. The third kappa shape index (κ3) is 8.92. The molecule has 0 spiro atoms. The number of hydrogen-bond donors (Lipinski definition) is 0. The molecule has 1 aromatic rings. The van der Waals surface area contributed by atoms with Gasteiger partial charge in [-0.05, 0) is 31.9 Å². The van der Waals surface area contributed by atoms with Gasteiger partial charge in [-0.25, -0.2) is 0 Å². The lowest BCUT2D eigenvalue weighted by Crippen LogP contribution is -2.05. The zero-order valence-corrected chi connectivity index (χ0v) is 13.9. The van der Waals surface area contributed by atoms with Crippen molar-refractivity contribution in [2.75, 3.05) is 18.5 Å². The maximum atomic E-state index is 9.75. The number of halogens is 4. The molecule has 0 unspecified atom stereocenters. The highest BCUT2D eigenvalue weighted by atomic mass is 31.2. The summed E-state index contributed by atoms with van der Waals surface area (Å²) in [5, 5.41) is 0. The lowest BCUT2D eigenvalue weighted by molar-refractivity contribution is 0.368. The second-order valence-corrected chi connectivity index (χ2v) is 9.79. The van der Waals surface area contributed by atoms with Crippen molar-refractivity contribution in [3.8, 4) is 0 Å². The van der Waals surface area contributed by atoms with Crippen molar-refractivity contribution in [3.63, 3.8) is 0 Å². The fourth-order valence-electron chi connectivity index (χ4n) is 2.15. The van der Waals surface area contributed by atoms with E-state index in [4.69, 9.17) is 0 Å². The van der Waals surface area contributed by atoms with Gasteiger partial charge in [-0.1, -0.05) is 36.9 Å². The molecule has 1 rings (SSSR count). The molecule has 0 atom stereocenters. The fourth-order valence-corrected chi connectivity index (χ4v) is 5.15. The quantitative estimate of drug-likeness (QED) is 0.332. The predicted molar refractivity (Wildman–Crippen MR) is 89.0 cm³/mol. The summed E-state index contributed by atoms with van der Waals surface area (Å²) in [6.07, 6.45) is 7.36. The van der Waals surface area contributed by atoms with Gasteiger partial charge in [0.15, 0.2) is 0 Å². The highest BCUT2D eigenvalue weighted by molar-refractivity contribution is 7.75. The van der Waals surface area contributed by atoms with Gasteiger partial charge in [-0.2, -0.15) is 0 Å². The summed E-state index contributed by atoms with van der Waals surface area (Å²) in [6.45, 7) is 10.9. The minimum Gasteiger partial charge on any atom is -0.418 e. The van der Waals surface area contributed by atoms with Crippen molar-refractivity contribution < 1.29 is 17.3 Å². The van der Waals surface area contributed by atoms with Gasteiger partial charge in [0.05, 0.1) is 24.6 Å². The van der Waals surface area contributed by atoms with Crippen LogP contribution >= 0.6 is 7.26 Å². The van der Waals surface area contributed by atoms with Crippen LogP contribution in [0.1, 0.15) is 31.9 Å². The molecule has 6 heteroatoms. The zero-order valence-electron chi connectivity index (χ0n) is 13.0. The molecule has 0 radical (unpaired) electrons. The first-order chi connectivity index (χ1) is 9.69. The number of hydrogen-bond acceptors (Lipinski definition) is 0. The largest absolute Gasteiger partial charge is 0.673 e. The van der Waals surface area contributed by atoms with Crippen LogP contribution in [-0.4, -0.2) is 25.7 Å². The van der Waals surface area contributed by atoms with Gasteiger partial charge in [-0.3, -0.25) is 0 Å². The molecule has 0 aliphatic heterocycles. The lowest BCUT2D eigenvalue weighted by Gasteiger charge is -2.23. The van der Waals surface area contributed by atoms with Crippen LogP contribution in [0.4, 0.5) is 17.3 Å². The van der Waals surface area contributed by atoms with Crippen molar-refractivity contribution in [1.82, 2.24) is 0 Å². The average molecular weight is 322 g/mol. The van der Waals surface area contributed by atoms with Gasteiger partial charge >= 0.3 is 7.25 Å². The van der Waals surface area contributed by atoms with Crippen molar-refractivity contribution >= 4 is 20.6 Å². The van der Waals surface area contributed by atoms with Crippen LogP contribution in [0.15, 0.2) is 30.8 Å².